The smallest absolute Gasteiger partial charge is 0.106 e. The summed E-state index contributed by atoms with van der Waals surface area (Å²) in [4.78, 5) is 4.87. The summed E-state index contributed by atoms with van der Waals surface area (Å²) in [5.74, 6) is 0.660. The van der Waals surface area contributed by atoms with Gasteiger partial charge in [-0.25, -0.2) is 0 Å². The molecule has 1 saturated carbocycles. The minimum atomic E-state index is -0.433. The topological polar surface area (TPSA) is 71.3 Å². The lowest BCUT2D eigenvalue weighted by Crippen LogP contribution is -2.33. The van der Waals surface area contributed by atoms with E-state index in [2.05, 4.69) is 47.6 Å². The zero-order valence-electron chi connectivity index (χ0n) is 17.8. The molecule has 30 heavy (non-hydrogen) atoms. The van der Waals surface area contributed by atoms with Crippen molar-refractivity contribution >= 4 is 5.71 Å². The number of hydrogen-bond acceptors (Lipinski definition) is 5. The Morgan fingerprint density at radius 3 is 2.57 bits per heavy atom. The molecule has 1 aliphatic heterocycles. The molecule has 4 rings (SSSR count). The zero-order chi connectivity index (χ0) is 21.1. The van der Waals surface area contributed by atoms with Crippen molar-refractivity contribution in [1.82, 2.24) is 0 Å². The van der Waals surface area contributed by atoms with Crippen LogP contribution in [0.2, 0.25) is 0 Å². The van der Waals surface area contributed by atoms with Gasteiger partial charge in [-0.3, -0.25) is 0 Å². The van der Waals surface area contributed by atoms with Gasteiger partial charge in [-0.2, -0.15) is 0 Å². The number of aliphatic hydroxyl groups is 2. The first-order valence-electron chi connectivity index (χ1n) is 10.8. The van der Waals surface area contributed by atoms with Crippen molar-refractivity contribution in [3.05, 3.63) is 70.3 Å². The lowest BCUT2D eigenvalue weighted by molar-refractivity contribution is -0.113. The molecule has 2 aromatic carbocycles. The summed E-state index contributed by atoms with van der Waals surface area (Å²) in [6.07, 6.45) is 3.54. The fraction of sp³-hybridized carbons (Fsp3) is 0.480. The summed E-state index contributed by atoms with van der Waals surface area (Å²) < 4.78 is 6.04. The standard InChI is InChI=1S/C25H31NO4/c1-16(26-29-2)18-5-3-17(4-6-18)11-21-12-20(9-10-24(21)19-7-8-19)25-14-22(28)13-23(15-27)30-25/h3-6,9-10,12,19,22-23,25,27-28H,7-8,11,13-15H2,1-2H3/b26-16+. The maximum atomic E-state index is 10.2. The van der Waals surface area contributed by atoms with Crippen molar-refractivity contribution in [3.8, 4) is 0 Å². The fourth-order valence-corrected chi connectivity index (χ4v) is 4.37. The van der Waals surface area contributed by atoms with E-state index in [9.17, 15) is 10.2 Å². The molecule has 3 atom stereocenters. The molecule has 2 aromatic rings. The molecule has 2 fully saturated rings. The van der Waals surface area contributed by atoms with Crippen LogP contribution in [0.15, 0.2) is 47.6 Å². The highest BCUT2D eigenvalue weighted by Gasteiger charge is 2.31. The van der Waals surface area contributed by atoms with Gasteiger partial charge in [-0.05, 0) is 59.9 Å². The molecule has 160 valence electrons. The third kappa shape index (κ3) is 4.91. The molecule has 3 unspecified atom stereocenters. The molecule has 2 N–H and O–H groups in total. The van der Waals surface area contributed by atoms with Crippen molar-refractivity contribution < 1.29 is 19.8 Å². The highest BCUT2D eigenvalue weighted by atomic mass is 16.6. The average molecular weight is 410 g/mol. The van der Waals surface area contributed by atoms with Crippen LogP contribution in [-0.2, 0) is 16.0 Å². The third-order valence-corrected chi connectivity index (χ3v) is 6.13. The first-order valence-corrected chi connectivity index (χ1v) is 10.8. The summed E-state index contributed by atoms with van der Waals surface area (Å²) in [5.41, 5.74) is 7.00. The summed E-state index contributed by atoms with van der Waals surface area (Å²) in [5, 5.41) is 23.7. The van der Waals surface area contributed by atoms with E-state index in [0.29, 0.717) is 18.8 Å². The zero-order valence-corrected chi connectivity index (χ0v) is 17.8. The second-order valence-corrected chi connectivity index (χ2v) is 8.52. The second kappa shape index (κ2) is 9.29. The van der Waals surface area contributed by atoms with Gasteiger partial charge in [0.2, 0.25) is 0 Å². The molecule has 1 aliphatic carbocycles. The van der Waals surface area contributed by atoms with Gasteiger partial charge in [0.05, 0.1) is 30.6 Å². The summed E-state index contributed by atoms with van der Waals surface area (Å²) in [6.45, 7) is 1.88. The van der Waals surface area contributed by atoms with E-state index in [4.69, 9.17) is 9.57 Å². The minimum absolute atomic E-state index is 0.0568. The largest absolute Gasteiger partial charge is 0.399 e. The van der Waals surface area contributed by atoms with E-state index in [1.165, 1.54) is 29.5 Å². The van der Waals surface area contributed by atoms with Gasteiger partial charge in [-0.15, -0.1) is 0 Å². The first kappa shape index (κ1) is 21.0. The molecular formula is C25H31NO4. The Morgan fingerprint density at radius 1 is 1.13 bits per heavy atom. The molecule has 1 saturated heterocycles. The highest BCUT2D eigenvalue weighted by molar-refractivity contribution is 5.98. The van der Waals surface area contributed by atoms with Crippen molar-refractivity contribution in [2.75, 3.05) is 13.7 Å². The van der Waals surface area contributed by atoms with Crippen LogP contribution in [0.4, 0.5) is 0 Å². The number of rotatable bonds is 7. The number of nitrogens with zero attached hydrogens (tertiary/aromatic N) is 1. The molecule has 2 aliphatic rings. The molecular weight excluding hydrogens is 378 g/mol. The summed E-state index contributed by atoms with van der Waals surface area (Å²) in [6, 6.07) is 15.1. The van der Waals surface area contributed by atoms with E-state index >= 15 is 0 Å². The van der Waals surface area contributed by atoms with Crippen LogP contribution in [0.3, 0.4) is 0 Å². The van der Waals surface area contributed by atoms with Gasteiger partial charge in [0, 0.05) is 12.8 Å². The Bertz CT molecular complexity index is 889. The van der Waals surface area contributed by atoms with Crippen molar-refractivity contribution in [2.45, 2.75) is 63.3 Å². The predicted octanol–water partition coefficient (Wildman–Crippen LogP) is 4.10. The number of hydrogen-bond donors (Lipinski definition) is 2. The Balaban J connectivity index is 1.57. The van der Waals surface area contributed by atoms with Crippen molar-refractivity contribution in [3.63, 3.8) is 0 Å². The van der Waals surface area contributed by atoms with Gasteiger partial charge in [-0.1, -0.05) is 47.6 Å². The molecule has 0 amide bonds. The van der Waals surface area contributed by atoms with Crippen LogP contribution in [0.5, 0.6) is 0 Å². The Kier molecular flexibility index (Phi) is 6.52. The van der Waals surface area contributed by atoms with Crippen LogP contribution in [-0.4, -0.2) is 41.8 Å². The predicted molar refractivity (Wildman–Crippen MR) is 117 cm³/mol. The molecule has 0 radical (unpaired) electrons. The van der Waals surface area contributed by atoms with Crippen LogP contribution in [0.25, 0.3) is 0 Å². The summed E-state index contributed by atoms with van der Waals surface area (Å²) >= 11 is 0. The molecule has 5 nitrogen and oxygen atoms in total. The number of oxime groups is 1. The Morgan fingerprint density at radius 2 is 1.90 bits per heavy atom. The molecule has 1 heterocycles. The van der Waals surface area contributed by atoms with E-state index in [1.807, 2.05) is 6.92 Å². The van der Waals surface area contributed by atoms with E-state index < -0.39 is 6.10 Å². The SMILES string of the molecule is CO/N=C(\C)c1ccc(Cc2cc(C3CC(O)CC(CO)O3)ccc2C2CC2)cc1. The highest BCUT2D eigenvalue weighted by Crippen LogP contribution is 2.43. The number of ether oxygens (including phenoxy) is 1. The van der Waals surface area contributed by atoms with Gasteiger partial charge in [0.15, 0.2) is 0 Å². The van der Waals surface area contributed by atoms with E-state index in [0.717, 1.165) is 23.3 Å². The molecule has 0 bridgehead atoms. The van der Waals surface area contributed by atoms with Crippen LogP contribution in [0.1, 0.15) is 72.4 Å². The van der Waals surface area contributed by atoms with Crippen LogP contribution in [0, 0.1) is 0 Å². The van der Waals surface area contributed by atoms with Crippen LogP contribution >= 0.6 is 0 Å². The third-order valence-electron chi connectivity index (χ3n) is 6.13. The normalized spacial score (nSPS) is 24.7. The van der Waals surface area contributed by atoms with Gasteiger partial charge >= 0.3 is 0 Å². The first-order chi connectivity index (χ1) is 14.6. The molecule has 0 spiro atoms. The van der Waals surface area contributed by atoms with Gasteiger partial charge < -0.3 is 19.8 Å². The Hall–Kier alpha value is -2.21. The van der Waals surface area contributed by atoms with Crippen molar-refractivity contribution in [1.29, 1.82) is 0 Å². The monoisotopic (exact) mass is 409 g/mol. The fourth-order valence-electron chi connectivity index (χ4n) is 4.37. The number of aliphatic hydroxyl groups excluding tert-OH is 2. The number of benzene rings is 2. The minimum Gasteiger partial charge on any atom is -0.399 e. The van der Waals surface area contributed by atoms with Gasteiger partial charge in [0.25, 0.3) is 0 Å². The average Bonchev–Trinajstić information content (AvgIpc) is 3.59. The second-order valence-electron chi connectivity index (χ2n) is 8.52. The molecule has 5 heteroatoms. The van der Waals surface area contributed by atoms with Crippen LogP contribution < -0.4 is 0 Å². The Labute approximate surface area is 178 Å². The quantitative estimate of drug-likeness (QED) is 0.534. The van der Waals surface area contributed by atoms with Gasteiger partial charge in [0.1, 0.15) is 7.11 Å². The molecule has 0 aromatic heterocycles. The van der Waals surface area contributed by atoms with E-state index in [1.54, 1.807) is 7.11 Å². The maximum absolute atomic E-state index is 10.2. The maximum Gasteiger partial charge on any atom is 0.106 e. The summed E-state index contributed by atoms with van der Waals surface area (Å²) in [7, 11) is 1.56. The van der Waals surface area contributed by atoms with E-state index in [-0.39, 0.29) is 18.8 Å². The lowest BCUT2D eigenvalue weighted by atomic mass is 9.90. The van der Waals surface area contributed by atoms with Crippen molar-refractivity contribution in [2.24, 2.45) is 5.16 Å². The lowest BCUT2D eigenvalue weighted by Gasteiger charge is -2.33.